The molecule has 4 aliphatic rings. The largest absolute Gasteiger partial charge is 0.463 e. The van der Waals surface area contributed by atoms with E-state index in [9.17, 15) is 24.3 Å². The smallest absolute Gasteiger partial charge is 0.233 e. The molecule has 1 N–H and O–H groups in total. The minimum Gasteiger partial charge on any atom is -0.463 e. The second-order valence-electron chi connectivity index (χ2n) is 8.61. The van der Waals surface area contributed by atoms with Crippen LogP contribution in [-0.2, 0) is 25.8 Å². The van der Waals surface area contributed by atoms with Gasteiger partial charge in [0.05, 0.1) is 17.8 Å². The van der Waals surface area contributed by atoms with Crippen LogP contribution in [0.15, 0.2) is 51.0 Å². The topological polar surface area (TPSA) is 105 Å². The molecule has 4 unspecified atom stereocenters. The van der Waals surface area contributed by atoms with Crippen LogP contribution >= 0.6 is 0 Å². The number of amides is 2. The minimum atomic E-state index is -0.602. The van der Waals surface area contributed by atoms with Crippen LogP contribution in [0.5, 0.6) is 0 Å². The van der Waals surface area contributed by atoms with Crippen molar-refractivity contribution in [3.05, 3.63) is 58.1 Å². The molecule has 1 aromatic heterocycles. The van der Waals surface area contributed by atoms with E-state index < -0.39 is 17.8 Å². The molecule has 0 spiro atoms. The van der Waals surface area contributed by atoms with E-state index in [0.717, 1.165) is 5.57 Å². The first-order valence-electron chi connectivity index (χ1n) is 10.6. The van der Waals surface area contributed by atoms with Crippen molar-refractivity contribution in [1.29, 1.82) is 0 Å². The maximum atomic E-state index is 13.1. The summed E-state index contributed by atoms with van der Waals surface area (Å²) in [7, 11) is 0. The van der Waals surface area contributed by atoms with E-state index in [-0.39, 0.29) is 42.3 Å². The number of aliphatic hydroxyl groups excluding tert-OH is 1. The molecular weight excluding hydrogens is 398 g/mol. The predicted molar refractivity (Wildman–Crippen MR) is 108 cm³/mol. The number of Topliss-reactive ketones (excluding diaryl/α,β-unsaturated/α-hetero) is 1. The molecule has 4 atom stereocenters. The minimum absolute atomic E-state index is 0.160. The van der Waals surface area contributed by atoms with Gasteiger partial charge >= 0.3 is 0 Å². The highest BCUT2D eigenvalue weighted by atomic mass is 16.4. The predicted octanol–water partition coefficient (Wildman–Crippen LogP) is 2.22. The van der Waals surface area contributed by atoms with E-state index in [4.69, 9.17) is 4.42 Å². The molecule has 1 aliphatic heterocycles. The van der Waals surface area contributed by atoms with Gasteiger partial charge in [-0.2, -0.15) is 0 Å². The number of furan rings is 1. The molecule has 1 fully saturated rings. The van der Waals surface area contributed by atoms with Crippen LogP contribution in [0.1, 0.15) is 44.1 Å². The van der Waals surface area contributed by atoms with Crippen molar-refractivity contribution in [3.8, 4) is 0 Å². The molecule has 3 aliphatic carbocycles. The van der Waals surface area contributed by atoms with E-state index >= 15 is 0 Å². The number of hydrogen-bond acceptors (Lipinski definition) is 6. The molecule has 7 nitrogen and oxygen atoms in total. The number of rotatable bonds is 3. The Labute approximate surface area is 179 Å². The highest BCUT2D eigenvalue weighted by Crippen LogP contribution is 2.55. The van der Waals surface area contributed by atoms with E-state index in [1.54, 1.807) is 26.0 Å². The number of imide groups is 1. The number of ketones is 2. The molecule has 1 aromatic rings. The molecule has 0 bridgehead atoms. The first-order chi connectivity index (χ1) is 14.9. The van der Waals surface area contributed by atoms with E-state index in [1.165, 1.54) is 11.0 Å². The Morgan fingerprint density at radius 2 is 1.90 bits per heavy atom. The summed E-state index contributed by atoms with van der Waals surface area (Å²) in [5.74, 6) is -1.88. The van der Waals surface area contributed by atoms with Crippen LogP contribution in [0.25, 0.3) is 0 Å². The number of aliphatic hydroxyl groups is 1. The van der Waals surface area contributed by atoms with Crippen molar-refractivity contribution < 1.29 is 28.7 Å². The van der Waals surface area contributed by atoms with Gasteiger partial charge in [-0.05, 0) is 50.8 Å². The Morgan fingerprint density at radius 1 is 1.13 bits per heavy atom. The number of hydrogen-bond donors (Lipinski definition) is 1. The molecule has 7 heteroatoms. The lowest BCUT2D eigenvalue weighted by atomic mass is 9.60. The molecule has 2 heterocycles. The van der Waals surface area contributed by atoms with Crippen LogP contribution in [0.2, 0.25) is 0 Å². The fourth-order valence-electron chi connectivity index (χ4n) is 5.72. The zero-order valence-electron chi connectivity index (χ0n) is 17.4. The van der Waals surface area contributed by atoms with Crippen molar-refractivity contribution in [1.82, 2.24) is 4.90 Å². The molecule has 160 valence electrons. The fourth-order valence-corrected chi connectivity index (χ4v) is 5.72. The summed E-state index contributed by atoms with van der Waals surface area (Å²) in [6.07, 6.45) is 3.99. The number of fused-ring (bicyclic) bond motifs is 3. The number of allylic oxidation sites excluding steroid dienone is 6. The SMILES string of the molecule is CCN1C(=O)C2CC=C3C(c4ccc(CO)o4)C4=C(CC3C2C1=O)C(=O)C(C)=CC4=O. The summed E-state index contributed by atoms with van der Waals surface area (Å²) < 4.78 is 5.81. The number of likely N-dealkylation sites (tertiary alicyclic amines) is 1. The third kappa shape index (κ3) is 2.69. The Balaban J connectivity index is 1.68. The van der Waals surface area contributed by atoms with Gasteiger partial charge in [-0.25, -0.2) is 0 Å². The monoisotopic (exact) mass is 421 g/mol. The third-order valence-corrected chi connectivity index (χ3v) is 7.09. The second kappa shape index (κ2) is 6.99. The molecule has 1 saturated heterocycles. The van der Waals surface area contributed by atoms with Gasteiger partial charge in [-0.15, -0.1) is 0 Å². The molecule has 2 amide bonds. The zero-order valence-corrected chi connectivity index (χ0v) is 17.4. The summed E-state index contributed by atoms with van der Waals surface area (Å²) in [6, 6.07) is 3.35. The van der Waals surface area contributed by atoms with Gasteiger partial charge in [0.2, 0.25) is 11.8 Å². The molecule has 0 aromatic carbocycles. The first-order valence-corrected chi connectivity index (χ1v) is 10.6. The zero-order chi connectivity index (χ0) is 22.0. The van der Waals surface area contributed by atoms with Gasteiger partial charge in [-0.3, -0.25) is 24.1 Å². The highest BCUT2D eigenvalue weighted by molar-refractivity contribution is 6.23. The summed E-state index contributed by atoms with van der Waals surface area (Å²) in [4.78, 5) is 53.3. The summed E-state index contributed by atoms with van der Waals surface area (Å²) >= 11 is 0. The van der Waals surface area contributed by atoms with Gasteiger partial charge in [0.1, 0.15) is 18.1 Å². The molecule has 5 rings (SSSR count). The second-order valence-corrected chi connectivity index (χ2v) is 8.61. The Hall–Kier alpha value is -3.06. The summed E-state index contributed by atoms with van der Waals surface area (Å²) in [5.41, 5.74) is 2.03. The van der Waals surface area contributed by atoms with Gasteiger partial charge in [0.15, 0.2) is 11.6 Å². The first kappa shape index (κ1) is 19.9. The lowest BCUT2D eigenvalue weighted by molar-refractivity contribution is -0.139. The maximum Gasteiger partial charge on any atom is 0.233 e. The third-order valence-electron chi connectivity index (χ3n) is 7.09. The average Bonchev–Trinajstić information content (AvgIpc) is 3.33. The van der Waals surface area contributed by atoms with Crippen molar-refractivity contribution in [2.24, 2.45) is 17.8 Å². The molecular formula is C24H23NO6. The highest BCUT2D eigenvalue weighted by Gasteiger charge is 2.56. The van der Waals surface area contributed by atoms with Crippen molar-refractivity contribution >= 4 is 23.4 Å². The van der Waals surface area contributed by atoms with Crippen molar-refractivity contribution in [3.63, 3.8) is 0 Å². The van der Waals surface area contributed by atoms with Crippen molar-refractivity contribution in [2.75, 3.05) is 6.54 Å². The summed E-state index contributed by atoms with van der Waals surface area (Å²) in [6.45, 7) is 3.44. The van der Waals surface area contributed by atoms with Crippen molar-refractivity contribution in [2.45, 2.75) is 39.2 Å². The van der Waals surface area contributed by atoms with Crippen LogP contribution in [0, 0.1) is 17.8 Å². The Morgan fingerprint density at radius 3 is 2.58 bits per heavy atom. The molecule has 0 radical (unpaired) electrons. The van der Waals surface area contributed by atoms with Gasteiger partial charge in [0, 0.05) is 23.3 Å². The average molecular weight is 421 g/mol. The lowest BCUT2D eigenvalue weighted by Crippen LogP contribution is -2.39. The molecule has 31 heavy (non-hydrogen) atoms. The quantitative estimate of drug-likeness (QED) is 0.456. The maximum absolute atomic E-state index is 13.1. The number of carbonyl (C=O) groups is 4. The van der Waals surface area contributed by atoms with E-state index in [2.05, 4.69) is 0 Å². The summed E-state index contributed by atoms with van der Waals surface area (Å²) in [5, 5.41) is 9.45. The Kier molecular flexibility index (Phi) is 4.48. The van der Waals surface area contributed by atoms with Crippen LogP contribution in [-0.4, -0.2) is 39.9 Å². The van der Waals surface area contributed by atoms with Gasteiger partial charge < -0.3 is 9.52 Å². The lowest BCUT2D eigenvalue weighted by Gasteiger charge is -2.41. The number of carbonyl (C=O) groups excluding carboxylic acids is 4. The van der Waals surface area contributed by atoms with Crippen LogP contribution in [0.4, 0.5) is 0 Å². The van der Waals surface area contributed by atoms with Crippen LogP contribution in [0.3, 0.4) is 0 Å². The standard InChI is InChI=1S/C24H23NO6/c1-3-25-23(29)14-6-5-13-15(19(14)24(25)30)9-16-20(17(27)8-11(2)22(16)28)21(13)18-7-4-12(10-26)31-18/h4-5,7-8,14-15,19,21,26H,3,6,9-10H2,1-2H3. The van der Waals surface area contributed by atoms with E-state index in [0.29, 0.717) is 41.2 Å². The van der Waals surface area contributed by atoms with Crippen LogP contribution < -0.4 is 0 Å². The number of nitrogens with zero attached hydrogens (tertiary/aromatic N) is 1. The van der Waals surface area contributed by atoms with Gasteiger partial charge in [0.25, 0.3) is 0 Å². The van der Waals surface area contributed by atoms with Gasteiger partial charge in [-0.1, -0.05) is 11.6 Å². The fraction of sp³-hybridized carbons (Fsp3) is 0.417. The Bertz CT molecular complexity index is 1130. The molecule has 0 saturated carbocycles. The normalized spacial score (nSPS) is 30.2. The van der Waals surface area contributed by atoms with E-state index in [1.807, 2.05) is 6.08 Å².